The van der Waals surface area contributed by atoms with Gasteiger partial charge in [0.15, 0.2) is 5.78 Å². The second kappa shape index (κ2) is 9.14. The fourth-order valence-electron chi connectivity index (χ4n) is 2.39. The summed E-state index contributed by atoms with van der Waals surface area (Å²) >= 11 is 1.31. The highest BCUT2D eigenvalue weighted by atomic mass is 32.1. The summed E-state index contributed by atoms with van der Waals surface area (Å²) in [5.74, 6) is -1.32. The molecule has 1 aliphatic heterocycles. The minimum atomic E-state index is -0.592. The number of ether oxygens (including phenoxy) is 2. The third-order valence-electron chi connectivity index (χ3n) is 3.60. The maximum atomic E-state index is 12.1. The molecular formula is C17H20N2O6S. The van der Waals surface area contributed by atoms with Gasteiger partial charge >= 0.3 is 18.0 Å². The van der Waals surface area contributed by atoms with Crippen LogP contribution >= 0.6 is 11.3 Å². The summed E-state index contributed by atoms with van der Waals surface area (Å²) in [5.41, 5.74) is 0.381. The van der Waals surface area contributed by atoms with Crippen LogP contribution < -0.4 is 10.6 Å². The fraction of sp³-hybridized carbons (Fsp3) is 0.412. The predicted octanol–water partition coefficient (Wildman–Crippen LogP) is 1.77. The molecular weight excluding hydrogens is 360 g/mol. The highest BCUT2D eigenvalue weighted by Crippen LogP contribution is 2.16. The van der Waals surface area contributed by atoms with Crippen molar-refractivity contribution < 1.29 is 28.7 Å². The molecule has 26 heavy (non-hydrogen) atoms. The maximum Gasteiger partial charge on any atom is 0.338 e. The lowest BCUT2D eigenvalue weighted by molar-refractivity contribution is -0.143. The van der Waals surface area contributed by atoms with Crippen molar-refractivity contribution in [2.24, 2.45) is 0 Å². The highest BCUT2D eigenvalue weighted by Gasteiger charge is 2.30. The van der Waals surface area contributed by atoms with Crippen LogP contribution in [0.4, 0.5) is 4.79 Å². The molecule has 2 heterocycles. The standard InChI is InChI=1S/C17H20N2O6S/c1-3-24-16(22)15-10(2)18-17(23)19-11(15)9-25-14(21)7-6-12(20)13-5-4-8-26-13/h4-5,8,10H,3,6-7,9H2,1-2H3,(H2,18,19,23). The Morgan fingerprint density at radius 2 is 2.00 bits per heavy atom. The number of carbonyl (C=O) groups excluding carboxylic acids is 4. The molecule has 0 fully saturated rings. The van der Waals surface area contributed by atoms with E-state index in [1.54, 1.807) is 31.4 Å². The van der Waals surface area contributed by atoms with Crippen molar-refractivity contribution >= 4 is 35.1 Å². The molecule has 1 aromatic rings. The van der Waals surface area contributed by atoms with Crippen LogP contribution in [0, 0.1) is 0 Å². The van der Waals surface area contributed by atoms with E-state index in [1.807, 2.05) is 0 Å². The summed E-state index contributed by atoms with van der Waals surface area (Å²) < 4.78 is 10.1. The number of carbonyl (C=O) groups is 4. The van der Waals surface area contributed by atoms with Crippen molar-refractivity contribution in [1.29, 1.82) is 0 Å². The molecule has 0 saturated heterocycles. The number of Topliss-reactive ketones (excluding diaryl/α,β-unsaturated/α-hetero) is 1. The minimum absolute atomic E-state index is 0.0352. The monoisotopic (exact) mass is 380 g/mol. The average molecular weight is 380 g/mol. The summed E-state index contributed by atoms with van der Waals surface area (Å²) in [6.45, 7) is 3.20. The van der Waals surface area contributed by atoms with Gasteiger partial charge in [-0.3, -0.25) is 9.59 Å². The summed E-state index contributed by atoms with van der Waals surface area (Å²) in [4.78, 5) is 48.0. The first-order valence-corrected chi connectivity index (χ1v) is 9.00. The number of rotatable bonds is 8. The molecule has 1 aromatic heterocycles. The molecule has 0 aliphatic carbocycles. The van der Waals surface area contributed by atoms with Gasteiger partial charge in [-0.1, -0.05) is 6.07 Å². The number of hydrogen-bond donors (Lipinski definition) is 2. The third-order valence-corrected chi connectivity index (χ3v) is 4.51. The number of nitrogens with one attached hydrogen (secondary N) is 2. The molecule has 1 atom stereocenters. The predicted molar refractivity (Wildman–Crippen MR) is 93.6 cm³/mol. The van der Waals surface area contributed by atoms with Crippen molar-refractivity contribution in [2.45, 2.75) is 32.7 Å². The van der Waals surface area contributed by atoms with Crippen molar-refractivity contribution in [1.82, 2.24) is 10.6 Å². The molecule has 0 spiro atoms. The molecule has 0 bridgehead atoms. The number of amides is 2. The zero-order valence-electron chi connectivity index (χ0n) is 14.5. The van der Waals surface area contributed by atoms with Gasteiger partial charge in [-0.15, -0.1) is 11.3 Å². The summed E-state index contributed by atoms with van der Waals surface area (Å²) in [5, 5.41) is 6.80. The quantitative estimate of drug-likeness (QED) is 0.525. The number of ketones is 1. The van der Waals surface area contributed by atoms with E-state index in [9.17, 15) is 19.2 Å². The Morgan fingerprint density at radius 1 is 1.23 bits per heavy atom. The Hall–Kier alpha value is -2.68. The molecule has 2 N–H and O–H groups in total. The minimum Gasteiger partial charge on any atom is -0.463 e. The van der Waals surface area contributed by atoms with E-state index in [4.69, 9.17) is 9.47 Å². The smallest absolute Gasteiger partial charge is 0.338 e. The summed E-state index contributed by atoms with van der Waals surface area (Å²) in [7, 11) is 0. The van der Waals surface area contributed by atoms with Crippen LogP contribution in [0.25, 0.3) is 0 Å². The van der Waals surface area contributed by atoms with Crippen molar-refractivity contribution in [3.63, 3.8) is 0 Å². The van der Waals surface area contributed by atoms with Gasteiger partial charge in [0.1, 0.15) is 6.61 Å². The van der Waals surface area contributed by atoms with Gasteiger partial charge in [0, 0.05) is 6.42 Å². The lowest BCUT2D eigenvalue weighted by Crippen LogP contribution is -2.50. The van der Waals surface area contributed by atoms with Crippen LogP contribution in [0.3, 0.4) is 0 Å². The molecule has 8 nitrogen and oxygen atoms in total. The van der Waals surface area contributed by atoms with E-state index in [0.717, 1.165) is 0 Å². The van der Waals surface area contributed by atoms with E-state index < -0.39 is 24.0 Å². The Morgan fingerprint density at radius 3 is 2.65 bits per heavy atom. The van der Waals surface area contributed by atoms with Gasteiger partial charge < -0.3 is 20.1 Å². The highest BCUT2D eigenvalue weighted by molar-refractivity contribution is 7.12. The van der Waals surface area contributed by atoms with Gasteiger partial charge in [0.25, 0.3) is 0 Å². The molecule has 9 heteroatoms. The lowest BCUT2D eigenvalue weighted by Gasteiger charge is -2.26. The number of esters is 2. The number of urea groups is 1. The normalized spacial score (nSPS) is 16.5. The zero-order chi connectivity index (χ0) is 19.1. The van der Waals surface area contributed by atoms with E-state index in [1.165, 1.54) is 11.3 Å². The van der Waals surface area contributed by atoms with Crippen LogP contribution in [0.2, 0.25) is 0 Å². The number of hydrogen-bond acceptors (Lipinski definition) is 7. The lowest BCUT2D eigenvalue weighted by atomic mass is 10.0. The summed E-state index contributed by atoms with van der Waals surface area (Å²) in [6.07, 6.45) is -0.0477. The molecule has 0 radical (unpaired) electrons. The second-order valence-electron chi connectivity index (χ2n) is 5.49. The first-order chi connectivity index (χ1) is 12.4. The Kier molecular flexibility index (Phi) is 6.90. The molecule has 1 aliphatic rings. The van der Waals surface area contributed by atoms with Gasteiger partial charge in [0.05, 0.1) is 35.2 Å². The number of thiophene rings is 1. The Labute approximate surface area is 154 Å². The van der Waals surface area contributed by atoms with Gasteiger partial charge in [0.2, 0.25) is 0 Å². The Bertz CT molecular complexity index is 726. The molecule has 140 valence electrons. The largest absolute Gasteiger partial charge is 0.463 e. The molecule has 0 saturated carbocycles. The first-order valence-electron chi connectivity index (χ1n) is 8.12. The topological polar surface area (TPSA) is 111 Å². The van der Waals surface area contributed by atoms with Crippen molar-refractivity contribution in [3.05, 3.63) is 33.7 Å². The fourth-order valence-corrected chi connectivity index (χ4v) is 3.09. The maximum absolute atomic E-state index is 12.1. The summed E-state index contributed by atoms with van der Waals surface area (Å²) in [6, 6.07) is 2.39. The third kappa shape index (κ3) is 5.16. The van der Waals surface area contributed by atoms with Crippen molar-refractivity contribution in [3.8, 4) is 0 Å². The first kappa shape index (κ1) is 19.6. The average Bonchev–Trinajstić information content (AvgIpc) is 3.12. The van der Waals surface area contributed by atoms with Crippen LogP contribution in [0.15, 0.2) is 28.8 Å². The molecule has 2 rings (SSSR count). The molecule has 2 amide bonds. The van der Waals surface area contributed by atoms with Gasteiger partial charge in [-0.05, 0) is 25.3 Å². The SMILES string of the molecule is CCOC(=O)C1=C(COC(=O)CCC(=O)c2cccs2)NC(=O)NC1C. The molecule has 1 unspecified atom stereocenters. The van der Waals surface area contributed by atoms with E-state index in [-0.39, 0.29) is 43.1 Å². The van der Waals surface area contributed by atoms with E-state index in [2.05, 4.69) is 10.6 Å². The zero-order valence-corrected chi connectivity index (χ0v) is 15.3. The van der Waals surface area contributed by atoms with E-state index >= 15 is 0 Å². The van der Waals surface area contributed by atoms with Gasteiger partial charge in [-0.2, -0.15) is 0 Å². The van der Waals surface area contributed by atoms with Crippen LogP contribution in [0.1, 0.15) is 36.4 Å². The van der Waals surface area contributed by atoms with Crippen LogP contribution in [-0.2, 0) is 19.1 Å². The van der Waals surface area contributed by atoms with E-state index in [0.29, 0.717) is 4.88 Å². The van der Waals surface area contributed by atoms with Crippen molar-refractivity contribution in [2.75, 3.05) is 13.2 Å². The van der Waals surface area contributed by atoms with Crippen LogP contribution in [-0.4, -0.2) is 43.0 Å². The Balaban J connectivity index is 1.94. The van der Waals surface area contributed by atoms with Crippen LogP contribution in [0.5, 0.6) is 0 Å². The van der Waals surface area contributed by atoms with Gasteiger partial charge in [-0.25, -0.2) is 9.59 Å². The second-order valence-corrected chi connectivity index (χ2v) is 6.44. The molecule has 0 aromatic carbocycles.